The van der Waals surface area contributed by atoms with E-state index in [4.69, 9.17) is 4.74 Å². The first-order valence-corrected chi connectivity index (χ1v) is 8.25. The largest absolute Gasteiger partial charge is 0.370 e. The molecule has 1 aliphatic heterocycles. The van der Waals surface area contributed by atoms with E-state index in [9.17, 15) is 4.39 Å². The second-order valence-electron chi connectivity index (χ2n) is 4.33. The summed E-state index contributed by atoms with van der Waals surface area (Å²) in [7, 11) is 0. The lowest BCUT2D eigenvalue weighted by atomic mass is 10.2. The van der Waals surface area contributed by atoms with E-state index >= 15 is 0 Å². The molecule has 1 aromatic rings. The lowest BCUT2D eigenvalue weighted by Gasteiger charge is -2.12. The molecule has 0 bridgehead atoms. The van der Waals surface area contributed by atoms with Crippen LogP contribution in [0.25, 0.3) is 0 Å². The van der Waals surface area contributed by atoms with Gasteiger partial charge in [0.15, 0.2) is 0 Å². The number of benzene rings is 1. The average Bonchev–Trinajstić information content (AvgIpc) is 2.69. The molecule has 1 heterocycles. The molecular weight excluding hydrogens is 350 g/mol. The number of rotatable bonds is 4. The molecule has 0 N–H and O–H groups in total. The van der Waals surface area contributed by atoms with E-state index < -0.39 is 6.17 Å². The number of aryl methyl sites for hydroxylation is 1. The van der Waals surface area contributed by atoms with Gasteiger partial charge >= 0.3 is 0 Å². The summed E-state index contributed by atoms with van der Waals surface area (Å²) >= 11 is 3.93. The maximum atomic E-state index is 13.7. The predicted octanol–water partition coefficient (Wildman–Crippen LogP) is 4.02. The van der Waals surface area contributed by atoms with E-state index in [1.807, 2.05) is 0 Å². The zero-order valence-corrected chi connectivity index (χ0v) is 12.7. The van der Waals surface area contributed by atoms with Crippen LogP contribution in [0.2, 0.25) is 0 Å². The number of ether oxygens (including phenoxy) is 1. The van der Waals surface area contributed by atoms with Gasteiger partial charge in [0.1, 0.15) is 6.17 Å². The fourth-order valence-corrected chi connectivity index (χ4v) is 3.39. The molecule has 1 saturated heterocycles. The molecule has 1 aliphatic rings. The maximum Gasteiger partial charge on any atom is 0.129 e. The molecule has 4 heteroatoms. The van der Waals surface area contributed by atoms with E-state index in [2.05, 4.69) is 53.8 Å². The van der Waals surface area contributed by atoms with Crippen LogP contribution >= 0.6 is 34.4 Å². The molecule has 17 heavy (non-hydrogen) atoms. The summed E-state index contributed by atoms with van der Waals surface area (Å²) in [5.74, 6) is 0.706. The van der Waals surface area contributed by atoms with Gasteiger partial charge in [0.2, 0.25) is 0 Å². The van der Waals surface area contributed by atoms with Crippen LogP contribution in [0.5, 0.6) is 0 Å². The highest BCUT2D eigenvalue weighted by molar-refractivity contribution is 14.1. The molecular formula is C13H16FIOS. The minimum absolute atomic E-state index is 0.106. The number of halogens is 2. The third-order valence-electron chi connectivity index (χ3n) is 2.87. The first-order chi connectivity index (χ1) is 8.19. The van der Waals surface area contributed by atoms with Crippen LogP contribution in [0.1, 0.15) is 12.0 Å². The number of hydrogen-bond donors (Lipinski definition) is 0. The van der Waals surface area contributed by atoms with Gasteiger partial charge in [-0.1, -0.05) is 40.3 Å². The topological polar surface area (TPSA) is 9.23 Å². The van der Waals surface area contributed by atoms with Crippen molar-refractivity contribution < 1.29 is 9.13 Å². The van der Waals surface area contributed by atoms with Gasteiger partial charge in [-0.05, 0) is 19.1 Å². The summed E-state index contributed by atoms with van der Waals surface area (Å²) < 4.78 is 20.2. The number of thioether (sulfide) groups is 1. The van der Waals surface area contributed by atoms with Crippen LogP contribution in [0.3, 0.4) is 0 Å². The van der Waals surface area contributed by atoms with E-state index in [1.54, 1.807) is 11.8 Å². The van der Waals surface area contributed by atoms with Crippen molar-refractivity contribution in [2.24, 2.45) is 0 Å². The van der Waals surface area contributed by atoms with Gasteiger partial charge in [0.25, 0.3) is 0 Å². The Morgan fingerprint density at radius 2 is 2.12 bits per heavy atom. The van der Waals surface area contributed by atoms with Crippen LogP contribution < -0.4 is 0 Å². The average molecular weight is 366 g/mol. The van der Waals surface area contributed by atoms with Crippen molar-refractivity contribution in [1.82, 2.24) is 0 Å². The Labute approximate surface area is 120 Å². The fraction of sp³-hybridized carbons (Fsp3) is 0.538. The van der Waals surface area contributed by atoms with Gasteiger partial charge in [-0.2, -0.15) is 0 Å². The summed E-state index contributed by atoms with van der Waals surface area (Å²) in [6.45, 7) is 2.07. The van der Waals surface area contributed by atoms with Crippen LogP contribution in [0.15, 0.2) is 29.2 Å². The van der Waals surface area contributed by atoms with Gasteiger partial charge in [0.05, 0.1) is 12.2 Å². The highest BCUT2D eigenvalue weighted by Gasteiger charge is 2.34. The second kappa shape index (κ2) is 6.38. The lowest BCUT2D eigenvalue weighted by molar-refractivity contribution is 0.0561. The second-order valence-corrected chi connectivity index (χ2v) is 6.30. The molecule has 0 aliphatic carbocycles. The van der Waals surface area contributed by atoms with Crippen molar-refractivity contribution in [3.8, 4) is 0 Å². The summed E-state index contributed by atoms with van der Waals surface area (Å²) in [5.41, 5.74) is 1.25. The predicted molar refractivity (Wildman–Crippen MR) is 79.0 cm³/mol. The van der Waals surface area contributed by atoms with Crippen molar-refractivity contribution in [1.29, 1.82) is 0 Å². The van der Waals surface area contributed by atoms with Crippen molar-refractivity contribution in [3.05, 3.63) is 29.8 Å². The molecule has 1 fully saturated rings. The fourth-order valence-electron chi connectivity index (χ4n) is 1.85. The van der Waals surface area contributed by atoms with Crippen molar-refractivity contribution >= 4 is 34.4 Å². The summed E-state index contributed by atoms with van der Waals surface area (Å²) in [6.07, 6.45) is -0.370. The van der Waals surface area contributed by atoms with Gasteiger partial charge in [-0.15, -0.1) is 11.8 Å². The van der Waals surface area contributed by atoms with Crippen molar-refractivity contribution in [2.75, 3.05) is 10.2 Å². The van der Waals surface area contributed by atoms with E-state index in [1.165, 1.54) is 10.5 Å². The Bertz CT molecular complexity index is 357. The standard InChI is InChI=1S/C13H16FIOS/c1-9-2-4-11(5-3-9)17-8-13-12(14)6-10(7-15)16-13/h2-5,10,12-13H,6-8H2,1H3/t10-,12+,13-/m0/s1. The Kier molecular flexibility index (Phi) is 5.11. The Morgan fingerprint density at radius 3 is 2.71 bits per heavy atom. The monoisotopic (exact) mass is 366 g/mol. The number of hydrogen-bond acceptors (Lipinski definition) is 2. The van der Waals surface area contributed by atoms with Crippen molar-refractivity contribution in [3.63, 3.8) is 0 Å². The summed E-state index contributed by atoms with van der Waals surface area (Å²) in [6, 6.07) is 8.33. The molecule has 1 nitrogen and oxygen atoms in total. The molecule has 2 rings (SSSR count). The van der Waals surface area contributed by atoms with Gasteiger partial charge in [-0.3, -0.25) is 0 Å². The minimum Gasteiger partial charge on any atom is -0.370 e. The smallest absolute Gasteiger partial charge is 0.129 e. The first kappa shape index (κ1) is 13.6. The molecule has 0 spiro atoms. The maximum absolute atomic E-state index is 13.7. The van der Waals surface area contributed by atoms with Crippen LogP contribution in [-0.2, 0) is 4.74 Å². The summed E-state index contributed by atoms with van der Waals surface area (Å²) in [4.78, 5) is 1.18. The van der Waals surface area contributed by atoms with Crippen LogP contribution in [-0.4, -0.2) is 28.6 Å². The number of alkyl halides is 2. The van der Waals surface area contributed by atoms with E-state index in [0.29, 0.717) is 12.2 Å². The summed E-state index contributed by atoms with van der Waals surface area (Å²) in [5, 5.41) is 0. The molecule has 0 unspecified atom stereocenters. The third-order valence-corrected chi connectivity index (χ3v) is 4.95. The molecule has 94 valence electrons. The quantitative estimate of drug-likeness (QED) is 0.452. The van der Waals surface area contributed by atoms with Crippen LogP contribution in [0, 0.1) is 6.92 Å². The normalized spacial score (nSPS) is 28.5. The van der Waals surface area contributed by atoms with E-state index in [-0.39, 0.29) is 12.2 Å². The Morgan fingerprint density at radius 1 is 1.41 bits per heavy atom. The molecule has 1 aromatic carbocycles. The van der Waals surface area contributed by atoms with E-state index in [0.717, 1.165) is 4.43 Å². The molecule has 0 amide bonds. The van der Waals surface area contributed by atoms with Gasteiger partial charge in [-0.25, -0.2) is 4.39 Å². The minimum atomic E-state index is -0.798. The SMILES string of the molecule is Cc1ccc(SC[C@@H]2O[C@H](CI)C[C@H]2F)cc1. The van der Waals surface area contributed by atoms with Crippen LogP contribution in [0.4, 0.5) is 4.39 Å². The van der Waals surface area contributed by atoms with Gasteiger partial charge < -0.3 is 4.74 Å². The Hall–Kier alpha value is 0.190. The zero-order chi connectivity index (χ0) is 12.3. The highest BCUT2D eigenvalue weighted by atomic mass is 127. The first-order valence-electron chi connectivity index (χ1n) is 5.74. The molecule has 0 saturated carbocycles. The molecule has 0 aromatic heterocycles. The third kappa shape index (κ3) is 3.83. The zero-order valence-electron chi connectivity index (χ0n) is 9.74. The Balaban J connectivity index is 1.84. The lowest BCUT2D eigenvalue weighted by Crippen LogP contribution is -2.20. The van der Waals surface area contributed by atoms with Crippen molar-refractivity contribution in [2.45, 2.75) is 36.6 Å². The highest BCUT2D eigenvalue weighted by Crippen LogP contribution is 2.29. The molecule has 0 radical (unpaired) electrons. The molecule has 3 atom stereocenters. The van der Waals surface area contributed by atoms with Gasteiger partial charge in [0, 0.05) is 21.5 Å².